The first-order valence-corrected chi connectivity index (χ1v) is 7.90. The molecule has 0 saturated heterocycles. The number of ether oxygens (including phenoxy) is 1. The van der Waals surface area contributed by atoms with Crippen LogP contribution in [-0.4, -0.2) is 30.3 Å². The van der Waals surface area contributed by atoms with Crippen LogP contribution in [-0.2, 0) is 11.2 Å². The van der Waals surface area contributed by atoms with Crippen molar-refractivity contribution in [3.05, 3.63) is 29.8 Å². The minimum Gasteiger partial charge on any atom is -0.483 e. The summed E-state index contributed by atoms with van der Waals surface area (Å²) in [6.45, 7) is 0.119. The molecule has 1 saturated carbocycles. The second kappa shape index (κ2) is 8.67. The van der Waals surface area contributed by atoms with Gasteiger partial charge < -0.3 is 15.2 Å². The minimum absolute atomic E-state index is 0.0406. The molecule has 0 unspecified atom stereocenters. The Morgan fingerprint density at radius 3 is 2.62 bits per heavy atom. The molecule has 0 atom stereocenters. The maximum Gasteiger partial charge on any atom is 0.258 e. The number of hydrogen-bond acceptors (Lipinski definition) is 3. The standard InChI is InChI=1S/C17H25NO3/c19-12-11-14-7-5-6-10-16(14)21-13-17(20)18-15-8-3-1-2-4-9-15/h5-7,10,15,19H,1-4,8-9,11-13H2,(H,18,20). The van der Waals surface area contributed by atoms with Gasteiger partial charge in [0, 0.05) is 12.6 Å². The number of rotatable bonds is 6. The van der Waals surface area contributed by atoms with Crippen LogP contribution < -0.4 is 10.1 Å². The molecule has 2 rings (SSSR count). The smallest absolute Gasteiger partial charge is 0.258 e. The lowest BCUT2D eigenvalue weighted by atomic mass is 10.1. The highest BCUT2D eigenvalue weighted by atomic mass is 16.5. The molecule has 0 aromatic heterocycles. The third-order valence-corrected chi connectivity index (χ3v) is 3.93. The summed E-state index contributed by atoms with van der Waals surface area (Å²) in [6.07, 6.45) is 7.64. The average molecular weight is 291 g/mol. The molecule has 1 amide bonds. The van der Waals surface area contributed by atoms with Crippen molar-refractivity contribution in [1.82, 2.24) is 5.32 Å². The number of carbonyl (C=O) groups excluding carboxylic acids is 1. The van der Waals surface area contributed by atoms with E-state index in [1.54, 1.807) is 0 Å². The lowest BCUT2D eigenvalue weighted by molar-refractivity contribution is -0.123. The first-order valence-electron chi connectivity index (χ1n) is 7.90. The molecule has 0 spiro atoms. The summed E-state index contributed by atoms with van der Waals surface area (Å²) in [4.78, 5) is 12.0. The molecule has 0 aliphatic heterocycles. The second-order valence-electron chi connectivity index (χ2n) is 5.63. The Bertz CT molecular complexity index is 439. The maximum atomic E-state index is 12.0. The van der Waals surface area contributed by atoms with Gasteiger partial charge in [-0.3, -0.25) is 4.79 Å². The zero-order valence-electron chi connectivity index (χ0n) is 12.5. The molecule has 2 N–H and O–H groups in total. The number of para-hydroxylation sites is 1. The molecular weight excluding hydrogens is 266 g/mol. The van der Waals surface area contributed by atoms with Gasteiger partial charge in [-0.2, -0.15) is 0 Å². The number of aliphatic hydroxyl groups excluding tert-OH is 1. The molecule has 1 aromatic rings. The molecule has 0 heterocycles. The van der Waals surface area contributed by atoms with Crippen LogP contribution in [0.4, 0.5) is 0 Å². The van der Waals surface area contributed by atoms with E-state index in [1.165, 1.54) is 25.7 Å². The van der Waals surface area contributed by atoms with Crippen LogP contribution in [0.1, 0.15) is 44.1 Å². The fourth-order valence-electron chi connectivity index (χ4n) is 2.81. The van der Waals surface area contributed by atoms with Crippen molar-refractivity contribution < 1.29 is 14.6 Å². The van der Waals surface area contributed by atoms with E-state index in [0.717, 1.165) is 18.4 Å². The Hall–Kier alpha value is -1.55. The Labute approximate surface area is 126 Å². The van der Waals surface area contributed by atoms with Crippen LogP contribution in [0.5, 0.6) is 5.75 Å². The van der Waals surface area contributed by atoms with Crippen molar-refractivity contribution in [1.29, 1.82) is 0 Å². The fraction of sp³-hybridized carbons (Fsp3) is 0.588. The zero-order valence-corrected chi connectivity index (χ0v) is 12.5. The van der Waals surface area contributed by atoms with Crippen molar-refractivity contribution in [2.45, 2.75) is 51.0 Å². The number of nitrogens with one attached hydrogen (secondary N) is 1. The predicted molar refractivity (Wildman–Crippen MR) is 82.4 cm³/mol. The lowest BCUT2D eigenvalue weighted by Crippen LogP contribution is -2.37. The van der Waals surface area contributed by atoms with Crippen molar-refractivity contribution in [3.63, 3.8) is 0 Å². The summed E-state index contributed by atoms with van der Waals surface area (Å²) < 4.78 is 5.60. The van der Waals surface area contributed by atoms with Crippen LogP contribution >= 0.6 is 0 Å². The summed E-state index contributed by atoms with van der Waals surface area (Å²) in [7, 11) is 0. The van der Waals surface area contributed by atoms with Gasteiger partial charge in [-0.15, -0.1) is 0 Å². The van der Waals surface area contributed by atoms with Crippen molar-refractivity contribution in [3.8, 4) is 5.75 Å². The number of carbonyl (C=O) groups is 1. The van der Waals surface area contributed by atoms with E-state index >= 15 is 0 Å². The topological polar surface area (TPSA) is 58.6 Å². The van der Waals surface area contributed by atoms with E-state index in [0.29, 0.717) is 18.2 Å². The van der Waals surface area contributed by atoms with Crippen LogP contribution in [0.3, 0.4) is 0 Å². The SMILES string of the molecule is O=C(COc1ccccc1CCO)NC1CCCCCC1. The normalized spacial score (nSPS) is 16.2. The molecule has 1 aliphatic carbocycles. The molecule has 116 valence electrons. The van der Waals surface area contributed by atoms with Gasteiger partial charge in [0.1, 0.15) is 5.75 Å². The molecule has 0 radical (unpaired) electrons. The molecule has 4 heteroatoms. The van der Waals surface area contributed by atoms with Gasteiger partial charge in [-0.1, -0.05) is 43.9 Å². The van der Waals surface area contributed by atoms with E-state index in [-0.39, 0.29) is 19.1 Å². The van der Waals surface area contributed by atoms with E-state index in [9.17, 15) is 4.79 Å². The van der Waals surface area contributed by atoms with Crippen LogP contribution in [0.25, 0.3) is 0 Å². The van der Waals surface area contributed by atoms with Gasteiger partial charge in [-0.25, -0.2) is 0 Å². The molecular formula is C17H25NO3. The van der Waals surface area contributed by atoms with Gasteiger partial charge in [0.15, 0.2) is 6.61 Å². The highest BCUT2D eigenvalue weighted by molar-refractivity contribution is 5.77. The monoisotopic (exact) mass is 291 g/mol. The summed E-state index contributed by atoms with van der Waals surface area (Å²) in [5, 5.41) is 12.1. The number of amides is 1. The highest BCUT2D eigenvalue weighted by Gasteiger charge is 2.15. The third-order valence-electron chi connectivity index (χ3n) is 3.93. The van der Waals surface area contributed by atoms with Gasteiger partial charge in [0.05, 0.1) is 0 Å². The largest absolute Gasteiger partial charge is 0.483 e. The predicted octanol–water partition coefficient (Wildman–Crippen LogP) is 2.44. The number of hydrogen-bond donors (Lipinski definition) is 2. The average Bonchev–Trinajstić information content (AvgIpc) is 2.75. The van der Waals surface area contributed by atoms with Crippen molar-refractivity contribution in [2.24, 2.45) is 0 Å². The van der Waals surface area contributed by atoms with Gasteiger partial charge in [0.25, 0.3) is 5.91 Å². The minimum atomic E-state index is -0.0549. The third kappa shape index (κ3) is 5.38. The molecule has 1 aliphatic rings. The first-order chi connectivity index (χ1) is 10.3. The van der Waals surface area contributed by atoms with Crippen molar-refractivity contribution >= 4 is 5.91 Å². The van der Waals surface area contributed by atoms with Crippen LogP contribution in [0, 0.1) is 0 Å². The van der Waals surface area contributed by atoms with Crippen LogP contribution in [0.15, 0.2) is 24.3 Å². The Morgan fingerprint density at radius 2 is 1.90 bits per heavy atom. The summed E-state index contributed by atoms with van der Waals surface area (Å²) in [5.74, 6) is 0.628. The molecule has 0 bridgehead atoms. The Balaban J connectivity index is 1.80. The zero-order chi connectivity index (χ0) is 14.9. The Morgan fingerprint density at radius 1 is 1.19 bits per heavy atom. The summed E-state index contributed by atoms with van der Waals surface area (Å²) in [6, 6.07) is 7.83. The molecule has 4 nitrogen and oxygen atoms in total. The maximum absolute atomic E-state index is 12.0. The van der Waals surface area contributed by atoms with Gasteiger partial charge in [0.2, 0.25) is 0 Å². The van der Waals surface area contributed by atoms with Crippen molar-refractivity contribution in [2.75, 3.05) is 13.2 Å². The summed E-state index contributed by atoms with van der Waals surface area (Å²) >= 11 is 0. The summed E-state index contributed by atoms with van der Waals surface area (Å²) in [5.41, 5.74) is 0.933. The molecule has 1 aromatic carbocycles. The van der Waals surface area contributed by atoms with Gasteiger partial charge >= 0.3 is 0 Å². The molecule has 21 heavy (non-hydrogen) atoms. The number of benzene rings is 1. The van der Waals surface area contributed by atoms with Gasteiger partial charge in [-0.05, 0) is 30.9 Å². The van der Waals surface area contributed by atoms with E-state index in [4.69, 9.17) is 9.84 Å². The van der Waals surface area contributed by atoms with Crippen LogP contribution in [0.2, 0.25) is 0 Å². The lowest BCUT2D eigenvalue weighted by Gasteiger charge is -2.17. The fourth-order valence-corrected chi connectivity index (χ4v) is 2.81. The second-order valence-corrected chi connectivity index (χ2v) is 5.63. The number of aliphatic hydroxyl groups is 1. The quantitative estimate of drug-likeness (QED) is 0.791. The highest BCUT2D eigenvalue weighted by Crippen LogP contribution is 2.19. The Kier molecular flexibility index (Phi) is 6.54. The molecule has 1 fully saturated rings. The van der Waals surface area contributed by atoms with E-state index in [2.05, 4.69) is 5.32 Å². The van der Waals surface area contributed by atoms with E-state index < -0.39 is 0 Å². The first kappa shape index (κ1) is 15.8. The van der Waals surface area contributed by atoms with E-state index in [1.807, 2.05) is 24.3 Å².